The van der Waals surface area contributed by atoms with Crippen molar-refractivity contribution < 1.29 is 18.0 Å². The number of sulfone groups is 1. The van der Waals surface area contributed by atoms with Crippen LogP contribution in [0.4, 0.5) is 5.82 Å². The molecule has 8 heteroatoms. The smallest absolute Gasteiger partial charge is 0.315 e. The number of aryl methyl sites for hydroxylation is 1. The fourth-order valence-corrected chi connectivity index (χ4v) is 4.16. The van der Waals surface area contributed by atoms with Crippen LogP contribution in [0, 0.1) is 6.92 Å². The number of anilines is 1. The highest BCUT2D eigenvalue weighted by Crippen LogP contribution is 2.18. The maximum Gasteiger partial charge on any atom is 0.315 e. The molecule has 1 saturated heterocycles. The van der Waals surface area contributed by atoms with Crippen molar-refractivity contribution >= 4 is 27.5 Å². The molecule has 1 unspecified atom stereocenters. The van der Waals surface area contributed by atoms with Crippen molar-refractivity contribution in [2.24, 2.45) is 0 Å². The molecular weight excluding hydrogens is 306 g/mol. The molecule has 0 radical (unpaired) electrons. The van der Waals surface area contributed by atoms with Gasteiger partial charge in [-0.05, 0) is 31.9 Å². The summed E-state index contributed by atoms with van der Waals surface area (Å²) in [6, 6.07) is 2.95. The summed E-state index contributed by atoms with van der Waals surface area (Å²) < 4.78 is 23.1. The van der Waals surface area contributed by atoms with Crippen molar-refractivity contribution in [3.8, 4) is 0 Å². The third-order valence-corrected chi connectivity index (χ3v) is 5.35. The molecule has 0 aromatic carbocycles. The second kappa shape index (κ2) is 6.43. The summed E-state index contributed by atoms with van der Waals surface area (Å²) in [5.41, 5.74) is 0.940. The third kappa shape index (κ3) is 3.82. The van der Waals surface area contributed by atoms with Gasteiger partial charge < -0.3 is 10.2 Å². The molecule has 1 aromatic rings. The van der Waals surface area contributed by atoms with E-state index in [-0.39, 0.29) is 18.1 Å². The van der Waals surface area contributed by atoms with Gasteiger partial charge in [0.1, 0.15) is 5.82 Å². The van der Waals surface area contributed by atoms with Gasteiger partial charge in [0, 0.05) is 18.8 Å². The topological polar surface area (TPSA) is 96.4 Å². The lowest BCUT2D eigenvalue weighted by molar-refractivity contribution is -0.144. The number of carbonyl (C=O) groups excluding carboxylic acids is 2. The molecule has 1 N–H and O–H groups in total. The van der Waals surface area contributed by atoms with Crippen LogP contribution in [0.5, 0.6) is 0 Å². The van der Waals surface area contributed by atoms with Crippen LogP contribution in [0.2, 0.25) is 0 Å². The zero-order chi connectivity index (χ0) is 16.3. The van der Waals surface area contributed by atoms with Crippen molar-refractivity contribution in [3.63, 3.8) is 0 Å². The largest absolute Gasteiger partial charge is 0.331 e. The first-order chi connectivity index (χ1) is 10.3. The van der Waals surface area contributed by atoms with Crippen LogP contribution in [0.1, 0.15) is 18.9 Å². The number of aromatic nitrogens is 1. The highest BCUT2D eigenvalue weighted by molar-refractivity contribution is 7.91. The summed E-state index contributed by atoms with van der Waals surface area (Å²) in [5, 5.41) is 2.44. The summed E-state index contributed by atoms with van der Waals surface area (Å²) in [4.78, 5) is 29.6. The Kier molecular flexibility index (Phi) is 4.80. The van der Waals surface area contributed by atoms with Gasteiger partial charge in [-0.25, -0.2) is 13.4 Å². The minimum atomic E-state index is -3.11. The number of amides is 2. The fourth-order valence-electron chi connectivity index (χ4n) is 2.43. The Hall–Kier alpha value is -1.96. The molecule has 1 atom stereocenters. The van der Waals surface area contributed by atoms with Gasteiger partial charge in [0.2, 0.25) is 0 Å². The molecule has 22 heavy (non-hydrogen) atoms. The lowest BCUT2D eigenvalue weighted by Crippen LogP contribution is -2.46. The van der Waals surface area contributed by atoms with Crippen molar-refractivity contribution in [1.29, 1.82) is 0 Å². The van der Waals surface area contributed by atoms with E-state index in [1.54, 1.807) is 25.3 Å². The molecule has 2 rings (SSSR count). The minimum absolute atomic E-state index is 0.0581. The highest BCUT2D eigenvalue weighted by atomic mass is 32.2. The lowest BCUT2D eigenvalue weighted by Gasteiger charge is -2.25. The molecule has 7 nitrogen and oxygen atoms in total. The second-order valence-electron chi connectivity index (χ2n) is 5.32. The van der Waals surface area contributed by atoms with Gasteiger partial charge >= 0.3 is 11.8 Å². The van der Waals surface area contributed by atoms with Crippen LogP contribution in [-0.2, 0) is 19.4 Å². The Labute approximate surface area is 129 Å². The van der Waals surface area contributed by atoms with Gasteiger partial charge in [0.25, 0.3) is 0 Å². The standard InChI is InChI=1S/C14H19N3O4S/c1-3-17(11-6-7-22(20,21)9-11)14(19)13(18)16-12-5-4-10(2)8-15-12/h4-5,8,11H,3,6-7,9H2,1-2H3,(H,15,16,18). The van der Waals surface area contributed by atoms with Crippen LogP contribution in [0.15, 0.2) is 18.3 Å². The first-order valence-corrected chi connectivity index (χ1v) is 8.89. The summed E-state index contributed by atoms with van der Waals surface area (Å²) in [7, 11) is -3.11. The van der Waals surface area contributed by atoms with E-state index < -0.39 is 27.7 Å². The Morgan fingerprint density at radius 2 is 2.14 bits per heavy atom. The van der Waals surface area contributed by atoms with E-state index >= 15 is 0 Å². The number of hydrogen-bond donors (Lipinski definition) is 1. The van der Waals surface area contributed by atoms with E-state index in [4.69, 9.17) is 0 Å². The van der Waals surface area contributed by atoms with E-state index in [2.05, 4.69) is 10.3 Å². The zero-order valence-corrected chi connectivity index (χ0v) is 13.4. The first kappa shape index (κ1) is 16.4. The predicted octanol–water partition coefficient (Wildman–Crippen LogP) is 0.364. The van der Waals surface area contributed by atoms with Crippen LogP contribution in [-0.4, -0.2) is 54.2 Å². The van der Waals surface area contributed by atoms with Crippen molar-refractivity contribution in [3.05, 3.63) is 23.9 Å². The zero-order valence-electron chi connectivity index (χ0n) is 12.6. The van der Waals surface area contributed by atoms with E-state index in [1.807, 2.05) is 6.92 Å². The summed E-state index contributed by atoms with van der Waals surface area (Å²) >= 11 is 0. The van der Waals surface area contributed by atoms with Gasteiger partial charge in [0.05, 0.1) is 11.5 Å². The first-order valence-electron chi connectivity index (χ1n) is 7.07. The van der Waals surface area contributed by atoms with E-state index in [0.29, 0.717) is 12.2 Å². The Balaban J connectivity index is 2.05. The number of likely N-dealkylation sites (N-methyl/N-ethyl adjacent to an activating group) is 1. The number of nitrogens with one attached hydrogen (secondary N) is 1. The minimum Gasteiger partial charge on any atom is -0.331 e. The molecule has 2 heterocycles. The molecule has 1 aliphatic heterocycles. The molecular formula is C14H19N3O4S. The molecule has 1 fully saturated rings. The highest BCUT2D eigenvalue weighted by Gasteiger charge is 2.36. The third-order valence-electron chi connectivity index (χ3n) is 3.60. The lowest BCUT2D eigenvalue weighted by atomic mass is 10.2. The summed E-state index contributed by atoms with van der Waals surface area (Å²) in [6.45, 7) is 3.87. The van der Waals surface area contributed by atoms with Gasteiger partial charge in [-0.2, -0.15) is 0 Å². The van der Waals surface area contributed by atoms with Crippen molar-refractivity contribution in [2.45, 2.75) is 26.3 Å². The monoisotopic (exact) mass is 325 g/mol. The van der Waals surface area contributed by atoms with Crippen molar-refractivity contribution in [1.82, 2.24) is 9.88 Å². The Bertz CT molecular complexity index is 670. The van der Waals surface area contributed by atoms with Crippen molar-refractivity contribution in [2.75, 3.05) is 23.4 Å². The molecule has 0 aliphatic carbocycles. The fraction of sp³-hybridized carbons (Fsp3) is 0.500. The van der Waals surface area contributed by atoms with E-state index in [1.165, 1.54) is 4.90 Å². The van der Waals surface area contributed by atoms with Gasteiger partial charge in [-0.3, -0.25) is 9.59 Å². The molecule has 0 spiro atoms. The molecule has 0 saturated carbocycles. The summed E-state index contributed by atoms with van der Waals surface area (Å²) in [6.07, 6.45) is 1.96. The number of hydrogen-bond acceptors (Lipinski definition) is 5. The average molecular weight is 325 g/mol. The molecule has 2 amide bonds. The van der Waals surface area contributed by atoms with Gasteiger partial charge in [-0.15, -0.1) is 0 Å². The maximum absolute atomic E-state index is 12.2. The maximum atomic E-state index is 12.2. The Morgan fingerprint density at radius 3 is 2.64 bits per heavy atom. The SMILES string of the molecule is CCN(C(=O)C(=O)Nc1ccc(C)cn1)C1CCS(=O)(=O)C1. The molecule has 1 aliphatic rings. The predicted molar refractivity (Wildman–Crippen MR) is 82.0 cm³/mol. The van der Waals surface area contributed by atoms with E-state index in [0.717, 1.165) is 5.56 Å². The average Bonchev–Trinajstić information content (AvgIpc) is 2.82. The van der Waals surface area contributed by atoms with E-state index in [9.17, 15) is 18.0 Å². The van der Waals surface area contributed by atoms with Crippen LogP contribution < -0.4 is 5.32 Å². The van der Waals surface area contributed by atoms with Crippen LogP contribution in [0.25, 0.3) is 0 Å². The number of pyridine rings is 1. The normalized spacial score (nSPS) is 19.6. The van der Waals surface area contributed by atoms with Gasteiger partial charge in [0.15, 0.2) is 9.84 Å². The summed E-state index contributed by atoms with van der Waals surface area (Å²) in [5.74, 6) is -1.26. The van der Waals surface area contributed by atoms with Gasteiger partial charge in [-0.1, -0.05) is 6.07 Å². The quantitative estimate of drug-likeness (QED) is 0.810. The second-order valence-corrected chi connectivity index (χ2v) is 7.55. The molecule has 0 bridgehead atoms. The number of nitrogens with zero attached hydrogens (tertiary/aromatic N) is 2. The molecule has 120 valence electrons. The Morgan fingerprint density at radius 1 is 1.41 bits per heavy atom. The number of carbonyl (C=O) groups is 2. The van der Waals surface area contributed by atoms with Crippen LogP contribution in [0.3, 0.4) is 0 Å². The molecule has 1 aromatic heterocycles. The van der Waals surface area contributed by atoms with Crippen LogP contribution >= 0.6 is 0 Å². The number of rotatable bonds is 3.